The molecule has 8 nitrogen and oxygen atoms in total. The van der Waals surface area contributed by atoms with Gasteiger partial charge >= 0.3 is 0 Å². The molecule has 0 spiro atoms. The molecule has 1 aliphatic heterocycles. The molecular formula is C18H25Cl2N7O. The number of rotatable bonds is 5. The molecule has 0 saturated carbocycles. The van der Waals surface area contributed by atoms with Gasteiger partial charge in [-0.15, -0.1) is 29.9 Å². The van der Waals surface area contributed by atoms with Gasteiger partial charge in [0.15, 0.2) is 5.69 Å². The van der Waals surface area contributed by atoms with E-state index in [1.54, 1.807) is 0 Å². The lowest BCUT2D eigenvalue weighted by molar-refractivity contribution is 0.0948. The number of nitrogens with zero attached hydrogens (tertiary/aromatic N) is 4. The Hall–Kier alpha value is -2.16. The van der Waals surface area contributed by atoms with Gasteiger partial charge in [0, 0.05) is 13.0 Å². The molecule has 0 bridgehead atoms. The summed E-state index contributed by atoms with van der Waals surface area (Å²) in [5.41, 5.74) is 3.19. The summed E-state index contributed by atoms with van der Waals surface area (Å²) in [6, 6.07) is 8.22. The summed E-state index contributed by atoms with van der Waals surface area (Å²) in [6.45, 7) is 4.36. The average molecular weight is 426 g/mol. The third-order valence-electron chi connectivity index (χ3n) is 4.88. The summed E-state index contributed by atoms with van der Waals surface area (Å²) in [4.78, 5) is 20.2. The first-order valence-electron chi connectivity index (χ1n) is 9.06. The highest BCUT2D eigenvalue weighted by atomic mass is 35.5. The molecule has 2 aromatic heterocycles. The first-order chi connectivity index (χ1) is 12.7. The van der Waals surface area contributed by atoms with Gasteiger partial charge in [-0.3, -0.25) is 4.79 Å². The van der Waals surface area contributed by atoms with Crippen LogP contribution in [0, 0.1) is 6.92 Å². The monoisotopic (exact) mass is 425 g/mol. The SMILES string of the molecule is Cc1c(C(=O)NCCc2nc3ccccc3[nH]2)nnn1C1CCNCC1.Cl.Cl. The van der Waals surface area contributed by atoms with E-state index in [1.165, 1.54) is 0 Å². The van der Waals surface area contributed by atoms with E-state index in [1.807, 2.05) is 35.9 Å². The summed E-state index contributed by atoms with van der Waals surface area (Å²) >= 11 is 0. The molecule has 1 fully saturated rings. The zero-order valence-electron chi connectivity index (χ0n) is 15.6. The average Bonchev–Trinajstić information content (AvgIpc) is 3.25. The minimum Gasteiger partial charge on any atom is -0.350 e. The molecule has 28 heavy (non-hydrogen) atoms. The molecule has 0 unspecified atom stereocenters. The van der Waals surface area contributed by atoms with Gasteiger partial charge in [-0.25, -0.2) is 9.67 Å². The van der Waals surface area contributed by atoms with E-state index < -0.39 is 0 Å². The van der Waals surface area contributed by atoms with Crippen molar-refractivity contribution < 1.29 is 4.79 Å². The largest absolute Gasteiger partial charge is 0.350 e. The number of halogens is 2. The Bertz CT molecular complexity index is 885. The van der Waals surface area contributed by atoms with E-state index >= 15 is 0 Å². The molecule has 3 N–H and O–H groups in total. The van der Waals surface area contributed by atoms with Crippen molar-refractivity contribution in [2.75, 3.05) is 19.6 Å². The fourth-order valence-corrected chi connectivity index (χ4v) is 3.45. The first kappa shape index (κ1) is 22.1. The molecule has 1 aliphatic rings. The smallest absolute Gasteiger partial charge is 0.273 e. The number of fused-ring (bicyclic) bond motifs is 1. The molecule has 0 radical (unpaired) electrons. The van der Waals surface area contributed by atoms with Gasteiger partial charge in [-0.05, 0) is 45.0 Å². The van der Waals surface area contributed by atoms with Crippen molar-refractivity contribution in [3.05, 3.63) is 41.5 Å². The fraction of sp³-hybridized carbons (Fsp3) is 0.444. The van der Waals surface area contributed by atoms with Crippen molar-refractivity contribution in [1.82, 2.24) is 35.6 Å². The van der Waals surface area contributed by atoms with E-state index in [2.05, 4.69) is 30.9 Å². The Balaban J connectivity index is 0.00000140. The number of carbonyl (C=O) groups excluding carboxylic acids is 1. The summed E-state index contributed by atoms with van der Waals surface area (Å²) < 4.78 is 1.90. The van der Waals surface area contributed by atoms with Crippen LogP contribution < -0.4 is 10.6 Å². The number of amides is 1. The van der Waals surface area contributed by atoms with Crippen molar-refractivity contribution in [1.29, 1.82) is 0 Å². The first-order valence-corrected chi connectivity index (χ1v) is 9.06. The molecule has 3 aromatic rings. The molecule has 4 rings (SSSR count). The Morgan fingerprint density at radius 2 is 2.00 bits per heavy atom. The lowest BCUT2D eigenvalue weighted by Crippen LogP contribution is -2.30. The number of imidazole rings is 1. The normalized spacial score (nSPS) is 14.3. The predicted octanol–water partition coefficient (Wildman–Crippen LogP) is 2.20. The van der Waals surface area contributed by atoms with Crippen LogP contribution in [0.15, 0.2) is 24.3 Å². The molecule has 0 atom stereocenters. The maximum absolute atomic E-state index is 12.5. The van der Waals surface area contributed by atoms with E-state index in [-0.39, 0.29) is 30.7 Å². The quantitative estimate of drug-likeness (QED) is 0.581. The van der Waals surface area contributed by atoms with Crippen LogP contribution in [0.25, 0.3) is 11.0 Å². The summed E-state index contributed by atoms with van der Waals surface area (Å²) in [5.74, 6) is 0.681. The number of hydrogen-bond acceptors (Lipinski definition) is 5. The fourth-order valence-electron chi connectivity index (χ4n) is 3.45. The second-order valence-electron chi connectivity index (χ2n) is 6.66. The third kappa shape index (κ3) is 4.63. The number of aromatic nitrogens is 5. The van der Waals surface area contributed by atoms with Gasteiger partial charge in [-0.1, -0.05) is 17.3 Å². The number of nitrogens with one attached hydrogen (secondary N) is 3. The van der Waals surface area contributed by atoms with Crippen molar-refractivity contribution in [3.63, 3.8) is 0 Å². The lowest BCUT2D eigenvalue weighted by Gasteiger charge is -2.23. The number of aromatic amines is 1. The molecule has 3 heterocycles. The molecule has 1 aromatic carbocycles. The molecule has 0 aliphatic carbocycles. The van der Waals surface area contributed by atoms with Crippen molar-refractivity contribution >= 4 is 41.8 Å². The number of para-hydroxylation sites is 2. The number of carbonyl (C=O) groups is 1. The number of H-pyrrole nitrogens is 1. The van der Waals surface area contributed by atoms with Crippen LogP contribution in [0.2, 0.25) is 0 Å². The van der Waals surface area contributed by atoms with Crippen LogP contribution in [-0.2, 0) is 6.42 Å². The van der Waals surface area contributed by atoms with Gasteiger partial charge in [-0.2, -0.15) is 0 Å². The Labute approximate surface area is 175 Å². The Morgan fingerprint density at radius 1 is 1.25 bits per heavy atom. The van der Waals surface area contributed by atoms with Crippen molar-refractivity contribution in [2.45, 2.75) is 32.2 Å². The topological polar surface area (TPSA) is 101 Å². The Morgan fingerprint density at radius 3 is 2.75 bits per heavy atom. The second-order valence-corrected chi connectivity index (χ2v) is 6.66. The van der Waals surface area contributed by atoms with Crippen LogP contribution in [0.3, 0.4) is 0 Å². The van der Waals surface area contributed by atoms with Crippen molar-refractivity contribution in [3.8, 4) is 0 Å². The molecule has 10 heteroatoms. The molecule has 152 valence electrons. The van der Waals surface area contributed by atoms with Crippen molar-refractivity contribution in [2.24, 2.45) is 0 Å². The van der Waals surface area contributed by atoms with Crippen LogP contribution in [0.1, 0.15) is 40.9 Å². The van der Waals surface area contributed by atoms with Gasteiger partial charge < -0.3 is 15.6 Å². The summed E-state index contributed by atoms with van der Waals surface area (Å²) in [7, 11) is 0. The lowest BCUT2D eigenvalue weighted by atomic mass is 10.1. The highest BCUT2D eigenvalue weighted by molar-refractivity contribution is 5.93. The molecule has 1 saturated heterocycles. The van der Waals surface area contributed by atoms with Crippen LogP contribution in [0.4, 0.5) is 0 Å². The second kappa shape index (κ2) is 9.86. The van der Waals surface area contributed by atoms with Crippen LogP contribution in [0.5, 0.6) is 0 Å². The van der Waals surface area contributed by atoms with Gasteiger partial charge in [0.1, 0.15) is 5.82 Å². The molecular weight excluding hydrogens is 401 g/mol. The minimum absolute atomic E-state index is 0. The maximum Gasteiger partial charge on any atom is 0.273 e. The van der Waals surface area contributed by atoms with Gasteiger partial charge in [0.05, 0.1) is 22.8 Å². The van der Waals surface area contributed by atoms with E-state index in [0.29, 0.717) is 24.7 Å². The van der Waals surface area contributed by atoms with Crippen LogP contribution in [-0.4, -0.2) is 50.5 Å². The summed E-state index contributed by atoms with van der Waals surface area (Å²) in [6.07, 6.45) is 2.66. The van der Waals surface area contributed by atoms with Gasteiger partial charge in [0.2, 0.25) is 0 Å². The van der Waals surface area contributed by atoms with E-state index in [4.69, 9.17) is 0 Å². The zero-order valence-corrected chi connectivity index (χ0v) is 17.3. The number of piperidine rings is 1. The predicted molar refractivity (Wildman–Crippen MR) is 113 cm³/mol. The standard InChI is InChI=1S/C18H23N7O.2ClH/c1-12-17(23-24-25(12)13-6-9-19-10-7-13)18(26)20-11-8-16-21-14-4-2-3-5-15(14)22-16;;/h2-5,13,19H,6-11H2,1H3,(H,20,26)(H,21,22);2*1H. The number of benzene rings is 1. The molecule has 1 amide bonds. The van der Waals surface area contributed by atoms with E-state index in [9.17, 15) is 4.79 Å². The highest BCUT2D eigenvalue weighted by Gasteiger charge is 2.22. The van der Waals surface area contributed by atoms with Gasteiger partial charge in [0.25, 0.3) is 5.91 Å². The van der Waals surface area contributed by atoms with Crippen LogP contribution >= 0.6 is 24.8 Å². The van der Waals surface area contributed by atoms with E-state index in [0.717, 1.165) is 48.5 Å². The summed E-state index contributed by atoms with van der Waals surface area (Å²) in [5, 5.41) is 14.6. The maximum atomic E-state index is 12.5. The highest BCUT2D eigenvalue weighted by Crippen LogP contribution is 2.20. The third-order valence-corrected chi connectivity index (χ3v) is 4.88. The Kier molecular flexibility index (Phi) is 7.79. The number of hydrogen-bond donors (Lipinski definition) is 3. The minimum atomic E-state index is -0.182. The zero-order chi connectivity index (χ0) is 17.9.